The van der Waals surface area contributed by atoms with E-state index in [0.717, 1.165) is 16.9 Å². The van der Waals surface area contributed by atoms with Crippen molar-refractivity contribution in [2.24, 2.45) is 4.99 Å². The second-order valence-corrected chi connectivity index (χ2v) is 5.44. The van der Waals surface area contributed by atoms with Gasteiger partial charge in [-0.15, -0.1) is 0 Å². The Balaban J connectivity index is 1.88. The second-order valence-electron chi connectivity index (χ2n) is 5.44. The number of pyridine rings is 1. The topological polar surface area (TPSA) is 77.0 Å². The van der Waals surface area contributed by atoms with E-state index in [1.54, 1.807) is 27.5 Å². The van der Waals surface area contributed by atoms with Gasteiger partial charge in [0.1, 0.15) is 12.4 Å². The minimum Gasteiger partial charge on any atom is -0.497 e. The van der Waals surface area contributed by atoms with E-state index >= 15 is 0 Å². The molecule has 0 spiro atoms. The zero-order chi connectivity index (χ0) is 18.6. The van der Waals surface area contributed by atoms with Crippen molar-refractivity contribution in [3.8, 4) is 11.6 Å². The van der Waals surface area contributed by atoms with E-state index in [1.807, 2.05) is 36.4 Å². The minimum atomic E-state index is 0.462. The van der Waals surface area contributed by atoms with Crippen LogP contribution in [0, 0.1) is 0 Å². The molecule has 2 N–H and O–H groups in total. The molecule has 26 heavy (non-hydrogen) atoms. The molecule has 7 heteroatoms. The smallest absolute Gasteiger partial charge is 0.218 e. The third kappa shape index (κ3) is 6.25. The van der Waals surface area contributed by atoms with Crippen LogP contribution in [-0.4, -0.2) is 45.4 Å². The maximum absolute atomic E-state index is 5.65. The van der Waals surface area contributed by atoms with Crippen molar-refractivity contribution in [3.05, 3.63) is 53.7 Å². The third-order valence-electron chi connectivity index (χ3n) is 3.64. The predicted octanol–water partition coefficient (Wildman–Crippen LogP) is 1.98. The Morgan fingerprint density at radius 3 is 2.69 bits per heavy atom. The summed E-state index contributed by atoms with van der Waals surface area (Å²) in [6.07, 6.45) is 1.71. The largest absolute Gasteiger partial charge is 0.497 e. The van der Waals surface area contributed by atoms with Gasteiger partial charge in [0.2, 0.25) is 5.88 Å². The van der Waals surface area contributed by atoms with E-state index in [0.29, 0.717) is 38.1 Å². The summed E-state index contributed by atoms with van der Waals surface area (Å²) in [7, 11) is 5.04. The summed E-state index contributed by atoms with van der Waals surface area (Å²) >= 11 is 0. The van der Waals surface area contributed by atoms with Crippen molar-refractivity contribution >= 4 is 5.96 Å². The van der Waals surface area contributed by atoms with E-state index < -0.39 is 0 Å². The molecule has 0 aliphatic rings. The Kier molecular flexibility index (Phi) is 8.21. The number of nitrogens with zero attached hydrogens (tertiary/aromatic N) is 2. The number of hydrogen-bond acceptors (Lipinski definition) is 5. The lowest BCUT2D eigenvalue weighted by molar-refractivity contribution is 0.143. The first-order valence-corrected chi connectivity index (χ1v) is 8.40. The lowest BCUT2D eigenvalue weighted by Gasteiger charge is -2.14. The van der Waals surface area contributed by atoms with Crippen molar-refractivity contribution in [1.82, 2.24) is 15.6 Å². The van der Waals surface area contributed by atoms with Crippen molar-refractivity contribution in [3.63, 3.8) is 0 Å². The first-order chi connectivity index (χ1) is 12.8. The number of aromatic nitrogens is 1. The van der Waals surface area contributed by atoms with Crippen molar-refractivity contribution in [2.75, 3.05) is 34.5 Å². The van der Waals surface area contributed by atoms with Gasteiger partial charge in [0.25, 0.3) is 0 Å². The van der Waals surface area contributed by atoms with Crippen LogP contribution in [0.2, 0.25) is 0 Å². The standard InChI is InChI=1S/C19H26N4O3/c1-20-19(22-13-15-6-4-8-17(12-15)25-3)23-14-16-7-5-9-21-18(16)26-11-10-24-2/h4-9,12H,10-11,13-14H2,1-3H3,(H2,20,22,23). The maximum Gasteiger partial charge on any atom is 0.218 e. The number of aliphatic imine (C=N–C) groups is 1. The van der Waals surface area contributed by atoms with Gasteiger partial charge in [-0.05, 0) is 23.8 Å². The number of guanidine groups is 1. The number of benzene rings is 1. The summed E-state index contributed by atoms with van der Waals surface area (Å²) in [6, 6.07) is 11.8. The number of ether oxygens (including phenoxy) is 3. The zero-order valence-electron chi connectivity index (χ0n) is 15.5. The molecule has 0 unspecified atom stereocenters. The van der Waals surface area contributed by atoms with Crippen molar-refractivity contribution in [1.29, 1.82) is 0 Å². The highest BCUT2D eigenvalue weighted by Crippen LogP contribution is 2.14. The van der Waals surface area contributed by atoms with Gasteiger partial charge in [-0.25, -0.2) is 4.98 Å². The molecule has 0 aliphatic heterocycles. The quantitative estimate of drug-likeness (QED) is 0.405. The molecule has 0 atom stereocenters. The van der Waals surface area contributed by atoms with E-state index in [9.17, 15) is 0 Å². The summed E-state index contributed by atoms with van der Waals surface area (Å²) in [6.45, 7) is 2.17. The Morgan fingerprint density at radius 1 is 1.08 bits per heavy atom. The molecule has 0 radical (unpaired) electrons. The van der Waals surface area contributed by atoms with Crippen LogP contribution in [-0.2, 0) is 17.8 Å². The fourth-order valence-corrected chi connectivity index (χ4v) is 2.28. The van der Waals surface area contributed by atoms with Gasteiger partial charge in [0, 0.05) is 39.0 Å². The molecule has 140 valence electrons. The molecule has 0 saturated heterocycles. The Morgan fingerprint density at radius 2 is 1.92 bits per heavy atom. The summed E-state index contributed by atoms with van der Waals surface area (Å²) in [5.41, 5.74) is 2.06. The molecule has 0 fully saturated rings. The van der Waals surface area contributed by atoms with Crippen LogP contribution in [0.25, 0.3) is 0 Å². The van der Waals surface area contributed by atoms with Crippen LogP contribution in [0.3, 0.4) is 0 Å². The van der Waals surface area contributed by atoms with E-state index in [2.05, 4.69) is 20.6 Å². The van der Waals surface area contributed by atoms with E-state index in [1.165, 1.54) is 0 Å². The number of methoxy groups -OCH3 is 2. The molecular weight excluding hydrogens is 332 g/mol. The first kappa shape index (κ1) is 19.5. The van der Waals surface area contributed by atoms with Gasteiger partial charge in [-0.2, -0.15) is 0 Å². The van der Waals surface area contributed by atoms with E-state index in [-0.39, 0.29) is 0 Å². The molecule has 0 bridgehead atoms. The SMILES string of the molecule is CN=C(NCc1cccc(OC)c1)NCc1cccnc1OCCOC. The zero-order valence-corrected chi connectivity index (χ0v) is 15.5. The molecule has 1 heterocycles. The van der Waals surface area contributed by atoms with Gasteiger partial charge in [0.05, 0.1) is 13.7 Å². The highest BCUT2D eigenvalue weighted by molar-refractivity contribution is 5.79. The van der Waals surface area contributed by atoms with Crippen LogP contribution in [0.15, 0.2) is 47.6 Å². The lowest BCUT2D eigenvalue weighted by atomic mass is 10.2. The number of nitrogens with one attached hydrogen (secondary N) is 2. The molecule has 1 aromatic heterocycles. The molecule has 1 aromatic carbocycles. The Labute approximate surface area is 154 Å². The van der Waals surface area contributed by atoms with Gasteiger partial charge in [0.15, 0.2) is 5.96 Å². The van der Waals surface area contributed by atoms with Gasteiger partial charge < -0.3 is 24.8 Å². The maximum atomic E-state index is 5.65. The van der Waals surface area contributed by atoms with Gasteiger partial charge in [-0.3, -0.25) is 4.99 Å². The minimum absolute atomic E-state index is 0.462. The fourth-order valence-electron chi connectivity index (χ4n) is 2.28. The molecular formula is C19H26N4O3. The highest BCUT2D eigenvalue weighted by atomic mass is 16.5. The summed E-state index contributed by atoms with van der Waals surface area (Å²) in [4.78, 5) is 8.52. The fraction of sp³-hybridized carbons (Fsp3) is 0.368. The van der Waals surface area contributed by atoms with E-state index in [4.69, 9.17) is 14.2 Å². The molecule has 7 nitrogen and oxygen atoms in total. The highest BCUT2D eigenvalue weighted by Gasteiger charge is 2.06. The summed E-state index contributed by atoms with van der Waals surface area (Å²) in [5.74, 6) is 2.13. The summed E-state index contributed by atoms with van der Waals surface area (Å²) < 4.78 is 15.9. The number of rotatable bonds is 9. The Bertz CT molecular complexity index is 707. The first-order valence-electron chi connectivity index (χ1n) is 8.40. The van der Waals surface area contributed by atoms with Crippen LogP contribution >= 0.6 is 0 Å². The molecule has 2 rings (SSSR count). The summed E-state index contributed by atoms with van der Waals surface area (Å²) in [5, 5.41) is 6.55. The number of hydrogen-bond donors (Lipinski definition) is 2. The molecule has 0 saturated carbocycles. The van der Waals surface area contributed by atoms with Crippen LogP contribution in [0.4, 0.5) is 0 Å². The molecule has 0 aliphatic carbocycles. The molecule has 2 aromatic rings. The van der Waals surface area contributed by atoms with Crippen molar-refractivity contribution in [2.45, 2.75) is 13.1 Å². The Hall–Kier alpha value is -2.80. The monoisotopic (exact) mass is 358 g/mol. The lowest BCUT2D eigenvalue weighted by Crippen LogP contribution is -2.36. The van der Waals surface area contributed by atoms with Gasteiger partial charge >= 0.3 is 0 Å². The molecule has 0 amide bonds. The average Bonchev–Trinajstić information content (AvgIpc) is 2.69. The van der Waals surface area contributed by atoms with Gasteiger partial charge in [-0.1, -0.05) is 18.2 Å². The van der Waals surface area contributed by atoms with Crippen LogP contribution < -0.4 is 20.1 Å². The average molecular weight is 358 g/mol. The van der Waals surface area contributed by atoms with Crippen LogP contribution in [0.1, 0.15) is 11.1 Å². The van der Waals surface area contributed by atoms with Crippen LogP contribution in [0.5, 0.6) is 11.6 Å². The third-order valence-corrected chi connectivity index (χ3v) is 3.64. The predicted molar refractivity (Wildman–Crippen MR) is 102 cm³/mol. The van der Waals surface area contributed by atoms with Crippen molar-refractivity contribution < 1.29 is 14.2 Å². The second kappa shape index (κ2) is 10.9. The normalized spacial score (nSPS) is 11.1.